The summed E-state index contributed by atoms with van der Waals surface area (Å²) in [6.45, 7) is 0. The van der Waals surface area contributed by atoms with Crippen LogP contribution in [0.15, 0.2) is 103 Å². The molecule has 0 fully saturated rings. The predicted octanol–water partition coefficient (Wildman–Crippen LogP) is 7.15. The number of rotatable bonds is 5. The van der Waals surface area contributed by atoms with Gasteiger partial charge in [-0.05, 0) is 59.5 Å². The standard InChI is InChI=1S/C30H20N6OS/c37-30(18-5-2-1-3-6-18)33-21-13-20(16-31-17-21)19-8-9-25-22(14-19)28(36-35-25)26-15-23-24(34-26)10-11-32-29(23)27-7-4-12-38-27/h1-17,34H,(H,33,37)(H,35,36). The number of nitrogens with one attached hydrogen (secondary N) is 3. The molecule has 7 nitrogen and oxygen atoms in total. The summed E-state index contributed by atoms with van der Waals surface area (Å²) in [6.07, 6.45) is 5.27. The maximum atomic E-state index is 12.6. The van der Waals surface area contributed by atoms with E-state index in [-0.39, 0.29) is 5.91 Å². The summed E-state index contributed by atoms with van der Waals surface area (Å²) in [5.41, 5.74) is 7.74. The van der Waals surface area contributed by atoms with E-state index in [0.717, 1.165) is 54.9 Å². The van der Waals surface area contributed by atoms with E-state index in [4.69, 9.17) is 0 Å². The SMILES string of the molecule is O=C(Nc1cncc(-c2ccc3[nH]nc(-c4cc5c(-c6cccs6)nccc5[nH]4)c3c2)c1)c1ccccc1. The van der Waals surface area contributed by atoms with Crippen LogP contribution in [0.5, 0.6) is 0 Å². The highest BCUT2D eigenvalue weighted by atomic mass is 32.1. The fourth-order valence-corrected chi connectivity index (χ4v) is 5.38. The van der Waals surface area contributed by atoms with Gasteiger partial charge in [-0.25, -0.2) is 0 Å². The molecule has 0 radical (unpaired) electrons. The fourth-order valence-electron chi connectivity index (χ4n) is 4.65. The Morgan fingerprint density at radius 2 is 1.71 bits per heavy atom. The molecule has 182 valence electrons. The van der Waals surface area contributed by atoms with Crippen LogP contribution < -0.4 is 5.32 Å². The van der Waals surface area contributed by atoms with Crippen LogP contribution in [0.25, 0.3) is 54.9 Å². The third-order valence-corrected chi connectivity index (χ3v) is 7.36. The van der Waals surface area contributed by atoms with Gasteiger partial charge >= 0.3 is 0 Å². The summed E-state index contributed by atoms with van der Waals surface area (Å²) >= 11 is 1.67. The van der Waals surface area contributed by atoms with E-state index >= 15 is 0 Å². The molecule has 8 heteroatoms. The third kappa shape index (κ3) is 3.93. The van der Waals surface area contributed by atoms with Gasteiger partial charge in [0.2, 0.25) is 0 Å². The zero-order valence-corrected chi connectivity index (χ0v) is 20.8. The Balaban J connectivity index is 1.25. The first-order valence-electron chi connectivity index (χ1n) is 12.0. The lowest BCUT2D eigenvalue weighted by Gasteiger charge is -2.08. The van der Waals surface area contributed by atoms with E-state index in [0.29, 0.717) is 11.3 Å². The molecule has 0 aliphatic carbocycles. The Kier molecular flexibility index (Phi) is 5.30. The molecular formula is C30H20N6OS. The Labute approximate surface area is 221 Å². The molecule has 0 saturated heterocycles. The molecule has 0 spiro atoms. The second kappa shape index (κ2) is 9.10. The number of aromatic nitrogens is 5. The molecule has 0 atom stereocenters. The number of fused-ring (bicyclic) bond motifs is 2. The summed E-state index contributed by atoms with van der Waals surface area (Å²) < 4.78 is 0. The maximum absolute atomic E-state index is 12.6. The van der Waals surface area contributed by atoms with Gasteiger partial charge in [0, 0.05) is 39.8 Å². The normalized spacial score (nSPS) is 11.3. The van der Waals surface area contributed by atoms with Crippen molar-refractivity contribution in [2.45, 2.75) is 0 Å². The molecule has 3 N–H and O–H groups in total. The minimum atomic E-state index is -0.174. The molecule has 2 aromatic carbocycles. The van der Waals surface area contributed by atoms with Crippen LogP contribution in [0.1, 0.15) is 10.4 Å². The zero-order valence-electron chi connectivity index (χ0n) is 20.0. The summed E-state index contributed by atoms with van der Waals surface area (Å²) in [6, 6.07) is 25.4. The van der Waals surface area contributed by atoms with Crippen LogP contribution in [0.4, 0.5) is 5.69 Å². The first-order chi connectivity index (χ1) is 18.7. The van der Waals surface area contributed by atoms with E-state index in [9.17, 15) is 4.79 Å². The lowest BCUT2D eigenvalue weighted by molar-refractivity contribution is 0.102. The number of aromatic amines is 2. The molecule has 38 heavy (non-hydrogen) atoms. The van der Waals surface area contributed by atoms with E-state index in [1.54, 1.807) is 35.9 Å². The Bertz CT molecular complexity index is 1920. The number of hydrogen-bond acceptors (Lipinski definition) is 5. The second-order valence-electron chi connectivity index (χ2n) is 8.90. The van der Waals surface area contributed by atoms with E-state index in [2.05, 4.69) is 54.0 Å². The minimum Gasteiger partial charge on any atom is -0.353 e. The largest absolute Gasteiger partial charge is 0.353 e. The van der Waals surface area contributed by atoms with Gasteiger partial charge in [-0.2, -0.15) is 5.10 Å². The number of benzene rings is 2. The molecule has 0 saturated carbocycles. The van der Waals surface area contributed by atoms with Crippen LogP contribution in [-0.2, 0) is 0 Å². The van der Waals surface area contributed by atoms with Gasteiger partial charge < -0.3 is 10.3 Å². The Morgan fingerprint density at radius 1 is 0.816 bits per heavy atom. The third-order valence-electron chi connectivity index (χ3n) is 6.49. The van der Waals surface area contributed by atoms with Crippen LogP contribution >= 0.6 is 11.3 Å². The monoisotopic (exact) mass is 512 g/mol. The first-order valence-corrected chi connectivity index (χ1v) is 12.9. The van der Waals surface area contributed by atoms with Gasteiger partial charge in [0.05, 0.1) is 33.7 Å². The summed E-state index contributed by atoms with van der Waals surface area (Å²) in [7, 11) is 0. The van der Waals surface area contributed by atoms with Crippen molar-refractivity contribution in [3.63, 3.8) is 0 Å². The number of hydrogen-bond donors (Lipinski definition) is 3. The number of carbonyl (C=O) groups is 1. The van der Waals surface area contributed by atoms with Crippen molar-refractivity contribution in [1.82, 2.24) is 25.1 Å². The number of anilines is 1. The highest BCUT2D eigenvalue weighted by Gasteiger charge is 2.15. The molecular weight excluding hydrogens is 492 g/mol. The van der Waals surface area contributed by atoms with Gasteiger partial charge in [0.1, 0.15) is 5.69 Å². The zero-order chi connectivity index (χ0) is 25.5. The van der Waals surface area contributed by atoms with Crippen molar-refractivity contribution < 1.29 is 4.79 Å². The molecule has 7 rings (SSSR count). The molecule has 7 aromatic rings. The lowest BCUT2D eigenvalue weighted by Crippen LogP contribution is -2.11. The van der Waals surface area contributed by atoms with E-state index in [1.807, 2.05) is 54.7 Å². The number of amides is 1. The van der Waals surface area contributed by atoms with Crippen LogP contribution in [0, 0.1) is 0 Å². The molecule has 5 aromatic heterocycles. The Hall–Kier alpha value is -5.08. The average Bonchev–Trinajstić information content (AvgIpc) is 3.73. The van der Waals surface area contributed by atoms with Gasteiger partial charge in [0.25, 0.3) is 5.91 Å². The van der Waals surface area contributed by atoms with Gasteiger partial charge in [0.15, 0.2) is 0 Å². The van der Waals surface area contributed by atoms with E-state index < -0.39 is 0 Å². The summed E-state index contributed by atoms with van der Waals surface area (Å²) in [5.74, 6) is -0.174. The van der Waals surface area contributed by atoms with Crippen LogP contribution in [-0.4, -0.2) is 31.1 Å². The maximum Gasteiger partial charge on any atom is 0.255 e. The first kappa shape index (κ1) is 22.1. The number of carbonyl (C=O) groups excluding carboxylic acids is 1. The quantitative estimate of drug-likeness (QED) is 0.228. The average molecular weight is 513 g/mol. The van der Waals surface area contributed by atoms with E-state index in [1.165, 1.54) is 0 Å². The van der Waals surface area contributed by atoms with Crippen molar-refractivity contribution in [2.75, 3.05) is 5.32 Å². The van der Waals surface area contributed by atoms with Crippen molar-refractivity contribution in [2.24, 2.45) is 0 Å². The molecule has 1 amide bonds. The van der Waals surface area contributed by atoms with Crippen molar-refractivity contribution in [1.29, 1.82) is 0 Å². The minimum absolute atomic E-state index is 0.174. The molecule has 5 heterocycles. The van der Waals surface area contributed by atoms with Gasteiger partial charge in [-0.15, -0.1) is 11.3 Å². The number of pyridine rings is 2. The number of H-pyrrole nitrogens is 2. The Morgan fingerprint density at radius 3 is 2.58 bits per heavy atom. The fraction of sp³-hybridized carbons (Fsp3) is 0. The highest BCUT2D eigenvalue weighted by molar-refractivity contribution is 7.13. The summed E-state index contributed by atoms with van der Waals surface area (Å²) in [4.78, 5) is 26.3. The topological polar surface area (TPSA) is 99.3 Å². The molecule has 0 unspecified atom stereocenters. The molecule has 0 aliphatic rings. The van der Waals surface area contributed by atoms with Crippen molar-refractivity contribution in [3.8, 4) is 33.1 Å². The summed E-state index contributed by atoms with van der Waals surface area (Å²) in [5, 5.41) is 14.8. The van der Waals surface area contributed by atoms with Crippen LogP contribution in [0.3, 0.4) is 0 Å². The lowest BCUT2D eigenvalue weighted by atomic mass is 10.0. The van der Waals surface area contributed by atoms with Crippen molar-refractivity contribution >= 4 is 44.7 Å². The van der Waals surface area contributed by atoms with Gasteiger partial charge in [-0.3, -0.25) is 19.9 Å². The van der Waals surface area contributed by atoms with Gasteiger partial charge in [-0.1, -0.05) is 30.3 Å². The molecule has 0 bridgehead atoms. The smallest absolute Gasteiger partial charge is 0.255 e. The predicted molar refractivity (Wildman–Crippen MR) is 152 cm³/mol. The molecule has 0 aliphatic heterocycles. The van der Waals surface area contributed by atoms with Crippen LogP contribution in [0.2, 0.25) is 0 Å². The van der Waals surface area contributed by atoms with Crippen molar-refractivity contribution in [3.05, 3.63) is 108 Å². The highest BCUT2D eigenvalue weighted by Crippen LogP contribution is 2.35. The number of thiophene rings is 1. The second-order valence-corrected chi connectivity index (χ2v) is 9.84. The number of nitrogens with zero attached hydrogens (tertiary/aromatic N) is 3.